The van der Waals surface area contributed by atoms with Crippen LogP contribution in [0.2, 0.25) is 0 Å². The normalized spacial score (nSPS) is 25.2. The van der Waals surface area contributed by atoms with Gasteiger partial charge >= 0.3 is 0 Å². The summed E-state index contributed by atoms with van der Waals surface area (Å²) in [5.74, 6) is 0.619. The Morgan fingerprint density at radius 1 is 1.44 bits per heavy atom. The van der Waals surface area contributed by atoms with E-state index < -0.39 is 0 Å². The first-order valence-electron chi connectivity index (χ1n) is 6.17. The van der Waals surface area contributed by atoms with Crippen LogP contribution < -0.4 is 11.1 Å². The van der Waals surface area contributed by atoms with Crippen molar-refractivity contribution >= 4 is 0 Å². The zero-order chi connectivity index (χ0) is 12.0. The lowest BCUT2D eigenvalue weighted by atomic mass is 9.89. The van der Waals surface area contributed by atoms with E-state index in [0.717, 1.165) is 32.5 Å². The zero-order valence-electron chi connectivity index (χ0n) is 10.8. The predicted octanol–water partition coefficient (Wildman–Crippen LogP) is 1.54. The Kier molecular flexibility index (Phi) is 5.46. The first kappa shape index (κ1) is 13.7. The van der Waals surface area contributed by atoms with Gasteiger partial charge in [0, 0.05) is 32.8 Å². The van der Waals surface area contributed by atoms with Gasteiger partial charge in [-0.05, 0) is 24.2 Å². The van der Waals surface area contributed by atoms with E-state index in [1.807, 2.05) is 0 Å². The second-order valence-electron chi connectivity index (χ2n) is 5.58. The Bertz CT molecular complexity index is 226. The van der Waals surface area contributed by atoms with Crippen LogP contribution in [0.4, 0.5) is 0 Å². The maximum atomic E-state index is 5.82. The monoisotopic (exact) mass is 226 g/mol. The molecule has 94 valence electrons. The van der Waals surface area contributed by atoms with Gasteiger partial charge in [0.1, 0.15) is 0 Å². The lowest BCUT2D eigenvalue weighted by Crippen LogP contribution is -2.33. The number of nitrogens with two attached hydrogens (primary N) is 1. The molecule has 0 aromatic rings. The molecule has 0 heterocycles. The number of hydrogen-bond acceptors (Lipinski definition) is 3. The Morgan fingerprint density at radius 3 is 2.75 bits per heavy atom. The number of ether oxygens (including phenoxy) is 1. The van der Waals surface area contributed by atoms with Crippen LogP contribution in [-0.4, -0.2) is 32.8 Å². The van der Waals surface area contributed by atoms with Crippen LogP contribution in [0, 0.1) is 11.3 Å². The quantitative estimate of drug-likeness (QED) is 0.647. The molecule has 0 fully saturated rings. The standard InChI is InChI=1S/C13H26N2O/c1-13(2,6-7-16-3)10-15-9-11-4-5-12(14)8-11/h4-5,11-12,15H,6-10,14H2,1-3H3. The third-order valence-electron chi connectivity index (χ3n) is 3.20. The molecule has 0 saturated heterocycles. The molecule has 16 heavy (non-hydrogen) atoms. The van der Waals surface area contributed by atoms with E-state index in [2.05, 4.69) is 31.3 Å². The van der Waals surface area contributed by atoms with Crippen LogP contribution in [0.3, 0.4) is 0 Å². The second kappa shape index (κ2) is 6.38. The van der Waals surface area contributed by atoms with Crippen molar-refractivity contribution < 1.29 is 4.74 Å². The summed E-state index contributed by atoms with van der Waals surface area (Å²) in [6.45, 7) is 7.46. The van der Waals surface area contributed by atoms with E-state index >= 15 is 0 Å². The van der Waals surface area contributed by atoms with Crippen LogP contribution in [0.15, 0.2) is 12.2 Å². The van der Waals surface area contributed by atoms with Crippen molar-refractivity contribution in [3.63, 3.8) is 0 Å². The number of methoxy groups -OCH3 is 1. The molecule has 3 nitrogen and oxygen atoms in total. The average molecular weight is 226 g/mol. The lowest BCUT2D eigenvalue weighted by Gasteiger charge is -2.25. The van der Waals surface area contributed by atoms with E-state index in [1.54, 1.807) is 7.11 Å². The van der Waals surface area contributed by atoms with Gasteiger partial charge in [-0.15, -0.1) is 0 Å². The molecule has 0 aromatic carbocycles. The summed E-state index contributed by atoms with van der Waals surface area (Å²) in [7, 11) is 1.76. The molecular weight excluding hydrogens is 200 g/mol. The highest BCUT2D eigenvalue weighted by Crippen LogP contribution is 2.20. The summed E-state index contributed by atoms with van der Waals surface area (Å²) in [5.41, 5.74) is 6.12. The lowest BCUT2D eigenvalue weighted by molar-refractivity contribution is 0.150. The van der Waals surface area contributed by atoms with E-state index in [1.165, 1.54) is 0 Å². The molecule has 2 atom stereocenters. The largest absolute Gasteiger partial charge is 0.385 e. The SMILES string of the molecule is COCCC(C)(C)CNCC1C=CC(N)C1. The second-order valence-corrected chi connectivity index (χ2v) is 5.58. The molecule has 1 aliphatic rings. The van der Waals surface area contributed by atoms with E-state index in [0.29, 0.717) is 11.3 Å². The molecule has 3 N–H and O–H groups in total. The van der Waals surface area contributed by atoms with Crippen molar-refractivity contribution in [2.75, 3.05) is 26.8 Å². The van der Waals surface area contributed by atoms with Crippen molar-refractivity contribution in [2.45, 2.75) is 32.7 Å². The highest BCUT2D eigenvalue weighted by atomic mass is 16.5. The number of rotatable bonds is 7. The van der Waals surface area contributed by atoms with E-state index in [4.69, 9.17) is 10.5 Å². The summed E-state index contributed by atoms with van der Waals surface area (Å²) >= 11 is 0. The van der Waals surface area contributed by atoms with Gasteiger partial charge in [-0.1, -0.05) is 26.0 Å². The third-order valence-corrected chi connectivity index (χ3v) is 3.20. The van der Waals surface area contributed by atoms with Crippen molar-refractivity contribution in [1.82, 2.24) is 5.32 Å². The summed E-state index contributed by atoms with van der Waals surface area (Å²) in [6, 6.07) is 0.272. The Hall–Kier alpha value is -0.380. The van der Waals surface area contributed by atoms with Crippen LogP contribution >= 0.6 is 0 Å². The molecule has 0 spiro atoms. The molecule has 0 bridgehead atoms. The molecule has 2 unspecified atom stereocenters. The first-order valence-corrected chi connectivity index (χ1v) is 6.17. The molecule has 0 radical (unpaired) electrons. The van der Waals surface area contributed by atoms with Crippen LogP contribution in [0.1, 0.15) is 26.7 Å². The zero-order valence-corrected chi connectivity index (χ0v) is 10.8. The third kappa shape index (κ3) is 5.10. The number of nitrogens with one attached hydrogen (secondary N) is 1. The minimum atomic E-state index is 0.272. The average Bonchev–Trinajstić information content (AvgIpc) is 2.61. The molecule has 0 amide bonds. The van der Waals surface area contributed by atoms with Crippen LogP contribution in [0.5, 0.6) is 0 Å². The predicted molar refractivity (Wildman–Crippen MR) is 68.4 cm³/mol. The van der Waals surface area contributed by atoms with Crippen molar-refractivity contribution in [1.29, 1.82) is 0 Å². The van der Waals surface area contributed by atoms with E-state index in [-0.39, 0.29) is 6.04 Å². The Balaban J connectivity index is 2.12. The smallest absolute Gasteiger partial charge is 0.0467 e. The maximum absolute atomic E-state index is 5.82. The van der Waals surface area contributed by atoms with E-state index in [9.17, 15) is 0 Å². The van der Waals surface area contributed by atoms with Gasteiger partial charge in [-0.2, -0.15) is 0 Å². The molecule has 1 rings (SSSR count). The van der Waals surface area contributed by atoms with Gasteiger partial charge in [-0.25, -0.2) is 0 Å². The maximum Gasteiger partial charge on any atom is 0.0467 e. The highest BCUT2D eigenvalue weighted by molar-refractivity contribution is 5.05. The van der Waals surface area contributed by atoms with Gasteiger partial charge < -0.3 is 15.8 Å². The minimum Gasteiger partial charge on any atom is -0.385 e. The summed E-state index contributed by atoms with van der Waals surface area (Å²) in [5, 5.41) is 3.53. The van der Waals surface area contributed by atoms with Crippen molar-refractivity contribution in [3.8, 4) is 0 Å². The molecular formula is C13H26N2O. The van der Waals surface area contributed by atoms with Gasteiger partial charge in [0.2, 0.25) is 0 Å². The molecule has 1 aliphatic carbocycles. The Labute approximate surface area is 99.4 Å². The van der Waals surface area contributed by atoms with Gasteiger partial charge in [0.05, 0.1) is 0 Å². The minimum absolute atomic E-state index is 0.272. The number of hydrogen-bond donors (Lipinski definition) is 2. The summed E-state index contributed by atoms with van der Waals surface area (Å²) in [6.07, 6.45) is 6.53. The first-order chi connectivity index (χ1) is 7.53. The van der Waals surface area contributed by atoms with Gasteiger partial charge in [-0.3, -0.25) is 0 Å². The van der Waals surface area contributed by atoms with Crippen LogP contribution in [-0.2, 0) is 4.74 Å². The Morgan fingerprint density at radius 2 is 2.19 bits per heavy atom. The van der Waals surface area contributed by atoms with Crippen molar-refractivity contribution in [3.05, 3.63) is 12.2 Å². The summed E-state index contributed by atoms with van der Waals surface area (Å²) < 4.78 is 5.12. The molecule has 0 aliphatic heterocycles. The summed E-state index contributed by atoms with van der Waals surface area (Å²) in [4.78, 5) is 0. The topological polar surface area (TPSA) is 47.3 Å². The van der Waals surface area contributed by atoms with Gasteiger partial charge in [0.25, 0.3) is 0 Å². The van der Waals surface area contributed by atoms with Gasteiger partial charge in [0.15, 0.2) is 0 Å². The fraction of sp³-hybridized carbons (Fsp3) is 0.846. The highest BCUT2D eigenvalue weighted by Gasteiger charge is 2.19. The fourth-order valence-electron chi connectivity index (χ4n) is 2.02. The molecule has 0 aromatic heterocycles. The van der Waals surface area contributed by atoms with Crippen molar-refractivity contribution in [2.24, 2.45) is 17.1 Å². The molecule has 0 saturated carbocycles. The molecule has 3 heteroatoms. The fourth-order valence-corrected chi connectivity index (χ4v) is 2.02. The van der Waals surface area contributed by atoms with Crippen LogP contribution in [0.25, 0.3) is 0 Å².